The number of hydrogen-bond acceptors (Lipinski definition) is 12. The summed E-state index contributed by atoms with van der Waals surface area (Å²) in [4.78, 5) is 25.7. The highest BCUT2D eigenvalue weighted by atomic mass is 32.7. The Hall–Kier alpha value is -1.77. The Kier molecular flexibility index (Phi) is 8.16. The number of benzene rings is 1. The van der Waals surface area contributed by atoms with Gasteiger partial charge in [0, 0.05) is 18.4 Å². The van der Waals surface area contributed by atoms with Gasteiger partial charge in [-0.05, 0) is 23.9 Å². The first-order valence-electron chi connectivity index (χ1n) is 12.1. The SMILES string of the molecule is O=C(Nc1ncnc2c1ncn2C1OC2CO[PH](=S)OC3COC(COP(=O)(S)OC1C2)C3)c1ccccc1. The lowest BCUT2D eigenvalue weighted by molar-refractivity contribution is -0.0431. The molecule has 3 aromatic rings. The molecule has 39 heavy (non-hydrogen) atoms. The Morgan fingerprint density at radius 1 is 1.10 bits per heavy atom. The summed E-state index contributed by atoms with van der Waals surface area (Å²) in [5.41, 5.74) is 1.19. The number of carbonyl (C=O) groups is 1. The van der Waals surface area contributed by atoms with E-state index in [1.807, 2.05) is 6.07 Å². The maximum absolute atomic E-state index is 13.2. The molecule has 13 nitrogen and oxygen atoms in total. The number of aromatic nitrogens is 4. The minimum atomic E-state index is -3.80. The predicted molar refractivity (Wildman–Crippen MR) is 147 cm³/mol. The van der Waals surface area contributed by atoms with E-state index < -0.39 is 32.4 Å². The molecule has 3 aliphatic rings. The average molecular weight is 614 g/mol. The molecule has 17 heteroatoms. The molecular weight excluding hydrogens is 588 g/mol. The Morgan fingerprint density at radius 3 is 2.79 bits per heavy atom. The molecule has 208 valence electrons. The van der Waals surface area contributed by atoms with Gasteiger partial charge in [-0.25, -0.2) is 19.5 Å². The van der Waals surface area contributed by atoms with Gasteiger partial charge in [-0.1, -0.05) is 30.4 Å². The van der Waals surface area contributed by atoms with Gasteiger partial charge < -0.3 is 23.8 Å². The highest BCUT2D eigenvalue weighted by molar-refractivity contribution is 8.44. The van der Waals surface area contributed by atoms with Crippen molar-refractivity contribution in [1.29, 1.82) is 0 Å². The van der Waals surface area contributed by atoms with E-state index in [2.05, 4.69) is 32.5 Å². The van der Waals surface area contributed by atoms with E-state index in [-0.39, 0.29) is 37.1 Å². The number of thiol groups is 1. The van der Waals surface area contributed by atoms with Crippen LogP contribution in [0.25, 0.3) is 11.2 Å². The molecule has 3 fully saturated rings. The highest BCUT2D eigenvalue weighted by Gasteiger charge is 2.43. The van der Waals surface area contributed by atoms with Gasteiger partial charge in [-0.2, -0.15) is 0 Å². The van der Waals surface area contributed by atoms with Gasteiger partial charge in [0.25, 0.3) is 5.91 Å². The third-order valence-electron chi connectivity index (χ3n) is 6.43. The molecular formula is C22H25N5O8P2S2. The van der Waals surface area contributed by atoms with Crippen LogP contribution in [0.5, 0.6) is 0 Å². The van der Waals surface area contributed by atoms with Crippen molar-refractivity contribution in [1.82, 2.24) is 19.5 Å². The lowest BCUT2D eigenvalue weighted by Gasteiger charge is -2.23. The van der Waals surface area contributed by atoms with Crippen LogP contribution >= 0.6 is 26.2 Å². The van der Waals surface area contributed by atoms with Crippen LogP contribution in [0.3, 0.4) is 0 Å². The normalized spacial score (nSPS) is 33.6. The minimum absolute atomic E-state index is 0.0222. The number of nitrogens with one attached hydrogen (secondary N) is 1. The van der Waals surface area contributed by atoms with Crippen LogP contribution in [0, 0.1) is 0 Å². The van der Waals surface area contributed by atoms with E-state index in [9.17, 15) is 9.36 Å². The summed E-state index contributed by atoms with van der Waals surface area (Å²) >= 11 is 9.60. The summed E-state index contributed by atoms with van der Waals surface area (Å²) in [6.45, 7) is -3.27. The Labute approximate surface area is 234 Å². The number of rotatable bonds is 3. The fourth-order valence-corrected chi connectivity index (χ4v) is 7.59. The molecule has 0 radical (unpaired) electrons. The van der Waals surface area contributed by atoms with Crippen LogP contribution in [0.15, 0.2) is 43.0 Å². The zero-order valence-corrected chi connectivity index (χ0v) is 23.9. The van der Waals surface area contributed by atoms with Crippen molar-refractivity contribution in [2.45, 2.75) is 43.5 Å². The monoisotopic (exact) mass is 613 g/mol. The topological polar surface area (TPSA) is 145 Å². The molecule has 1 N–H and O–H groups in total. The Balaban J connectivity index is 1.27. The van der Waals surface area contributed by atoms with E-state index in [0.717, 1.165) is 0 Å². The van der Waals surface area contributed by atoms with Gasteiger partial charge in [0.05, 0.1) is 44.5 Å². The second-order valence-corrected chi connectivity index (χ2v) is 14.1. The molecule has 0 spiro atoms. The predicted octanol–water partition coefficient (Wildman–Crippen LogP) is 3.52. The number of amides is 1. The fraction of sp³-hybridized carbons (Fsp3) is 0.455. The van der Waals surface area contributed by atoms with Crippen LogP contribution in [-0.4, -0.2) is 69.7 Å². The number of imidazole rings is 1. The van der Waals surface area contributed by atoms with Crippen LogP contribution < -0.4 is 5.32 Å². The lowest BCUT2D eigenvalue weighted by Crippen LogP contribution is -2.22. The van der Waals surface area contributed by atoms with Crippen molar-refractivity contribution < 1.29 is 36.9 Å². The van der Waals surface area contributed by atoms with Gasteiger partial charge in [-0.3, -0.25) is 18.4 Å². The Morgan fingerprint density at radius 2 is 1.95 bits per heavy atom. The molecule has 2 aromatic heterocycles. The summed E-state index contributed by atoms with van der Waals surface area (Å²) < 4.78 is 49.8. The van der Waals surface area contributed by atoms with E-state index in [1.165, 1.54) is 12.7 Å². The van der Waals surface area contributed by atoms with Gasteiger partial charge in [0.15, 0.2) is 30.4 Å². The third kappa shape index (κ3) is 6.28. The lowest BCUT2D eigenvalue weighted by atomic mass is 10.2. The molecule has 7 unspecified atom stereocenters. The van der Waals surface area contributed by atoms with Crippen LogP contribution in [0.4, 0.5) is 5.82 Å². The van der Waals surface area contributed by atoms with Crippen LogP contribution in [0.2, 0.25) is 0 Å². The van der Waals surface area contributed by atoms with Crippen LogP contribution in [0.1, 0.15) is 29.4 Å². The van der Waals surface area contributed by atoms with Crippen molar-refractivity contribution in [3.8, 4) is 0 Å². The van der Waals surface area contributed by atoms with Crippen molar-refractivity contribution >= 4 is 60.9 Å². The first-order valence-corrected chi connectivity index (χ1v) is 17.3. The maximum atomic E-state index is 13.2. The second kappa shape index (κ2) is 11.6. The van der Waals surface area contributed by atoms with Crippen molar-refractivity contribution in [3.05, 3.63) is 48.5 Å². The summed E-state index contributed by atoms with van der Waals surface area (Å²) in [6, 6.07) is 8.75. The minimum Gasteiger partial charge on any atom is -0.373 e. The molecule has 3 saturated heterocycles. The molecule has 6 rings (SSSR count). The highest BCUT2D eigenvalue weighted by Crippen LogP contribution is 2.57. The van der Waals surface area contributed by atoms with Gasteiger partial charge in [0.1, 0.15) is 12.4 Å². The number of carbonyl (C=O) groups excluding carboxylic acids is 1. The smallest absolute Gasteiger partial charge is 0.373 e. The van der Waals surface area contributed by atoms with Crippen molar-refractivity contribution in [2.24, 2.45) is 0 Å². The number of nitrogens with zero attached hydrogens (tertiary/aromatic N) is 4. The standard InChI is InChI=1S/C22H25N5O8P2S2/c28-21(13-4-2-1-3-5-13)26-19-18-20(24-11-23-19)27(12-25-18)22-17-7-15(33-22)9-31-36(38)34-16-6-14(30-8-16)10-32-37(29,39)35-17/h1-5,11-12,14-17,22,36H,6-10H2,(H,29,39)(H,23,24,26,28). The first-order chi connectivity index (χ1) is 18.8. The van der Waals surface area contributed by atoms with Gasteiger partial charge in [-0.15, -0.1) is 0 Å². The second-order valence-electron chi connectivity index (χ2n) is 9.15. The zero-order chi connectivity index (χ0) is 27.0. The van der Waals surface area contributed by atoms with Crippen molar-refractivity contribution in [3.63, 3.8) is 0 Å². The Bertz CT molecular complexity index is 1430. The largest absolute Gasteiger partial charge is 0.386 e. The molecule has 3 aliphatic heterocycles. The summed E-state index contributed by atoms with van der Waals surface area (Å²) in [5.74, 6) is -0.109. The number of ether oxygens (including phenoxy) is 2. The van der Waals surface area contributed by atoms with Crippen LogP contribution in [-0.2, 0) is 43.9 Å². The molecule has 1 aromatic carbocycles. The molecule has 0 saturated carbocycles. The summed E-state index contributed by atoms with van der Waals surface area (Å²) in [7, 11) is -1.97. The van der Waals surface area contributed by atoms with Gasteiger partial charge >= 0.3 is 6.80 Å². The maximum Gasteiger partial charge on any atom is 0.386 e. The summed E-state index contributed by atoms with van der Waals surface area (Å²) in [6.07, 6.45) is 1.11. The molecule has 0 aliphatic carbocycles. The van der Waals surface area contributed by atoms with E-state index >= 15 is 0 Å². The first kappa shape index (κ1) is 27.4. The quantitative estimate of drug-likeness (QED) is 0.329. The fourth-order valence-electron chi connectivity index (χ4n) is 4.64. The van der Waals surface area contributed by atoms with E-state index in [0.29, 0.717) is 36.2 Å². The third-order valence-corrected chi connectivity index (χ3v) is 9.64. The molecule has 7 atom stereocenters. The summed E-state index contributed by atoms with van der Waals surface area (Å²) in [5, 5.41) is 2.78. The zero-order valence-electron chi connectivity index (χ0n) is 20.3. The average Bonchev–Trinajstić information content (AvgIpc) is 3.65. The number of fused-ring (bicyclic) bond motifs is 5. The molecule has 4 bridgehead atoms. The number of hydrogen-bond donors (Lipinski definition) is 2. The van der Waals surface area contributed by atoms with E-state index in [4.69, 9.17) is 39.4 Å². The van der Waals surface area contributed by atoms with Crippen molar-refractivity contribution in [2.75, 3.05) is 25.1 Å². The number of anilines is 1. The molecule has 5 heterocycles. The molecule has 1 amide bonds. The van der Waals surface area contributed by atoms with Gasteiger partial charge in [0.2, 0.25) is 0 Å². The van der Waals surface area contributed by atoms with E-state index in [1.54, 1.807) is 28.8 Å².